The van der Waals surface area contributed by atoms with Crippen LogP contribution in [0.1, 0.15) is 28.9 Å². The van der Waals surface area contributed by atoms with Gasteiger partial charge in [0.25, 0.3) is 12.3 Å². The second-order valence-corrected chi connectivity index (χ2v) is 7.42. The lowest BCUT2D eigenvalue weighted by molar-refractivity contribution is 0.0142. The van der Waals surface area contributed by atoms with Gasteiger partial charge in [-0.15, -0.1) is 0 Å². The fourth-order valence-electron chi connectivity index (χ4n) is 3.62. The fraction of sp³-hybridized carbons (Fsp3) is 0.500. The van der Waals surface area contributed by atoms with Gasteiger partial charge in [-0.2, -0.15) is 5.10 Å². The maximum absolute atomic E-state index is 14.0. The summed E-state index contributed by atoms with van der Waals surface area (Å²) in [5, 5.41) is 6.94. The maximum atomic E-state index is 14.0. The molecule has 0 bridgehead atoms. The molecule has 1 N–H and O–H groups in total. The van der Waals surface area contributed by atoms with Crippen molar-refractivity contribution in [2.75, 3.05) is 19.8 Å². The van der Waals surface area contributed by atoms with Gasteiger partial charge in [-0.1, -0.05) is 0 Å². The molecule has 7 nitrogen and oxygen atoms in total. The summed E-state index contributed by atoms with van der Waals surface area (Å²) in [7, 11) is 0. The van der Waals surface area contributed by atoms with Gasteiger partial charge in [0, 0.05) is 24.7 Å². The number of rotatable bonds is 8. The molecule has 2 atom stereocenters. The van der Waals surface area contributed by atoms with Crippen molar-refractivity contribution in [2.45, 2.75) is 44.4 Å². The fourth-order valence-corrected chi connectivity index (χ4v) is 3.62. The molecular formula is C20H21F4N3O4. The van der Waals surface area contributed by atoms with Gasteiger partial charge in [-0.25, -0.2) is 22.2 Å². The summed E-state index contributed by atoms with van der Waals surface area (Å²) in [4.78, 5) is 12.5. The van der Waals surface area contributed by atoms with E-state index in [1.807, 2.05) is 0 Å². The third kappa shape index (κ3) is 4.92. The number of nitrogens with one attached hydrogen (secondary N) is 1. The number of hydrogen-bond acceptors (Lipinski definition) is 5. The van der Waals surface area contributed by atoms with E-state index < -0.39 is 36.6 Å². The Morgan fingerprint density at radius 3 is 2.97 bits per heavy atom. The van der Waals surface area contributed by atoms with Crippen LogP contribution in [0.15, 0.2) is 18.2 Å². The summed E-state index contributed by atoms with van der Waals surface area (Å²) in [5.41, 5.74) is 0.229. The van der Waals surface area contributed by atoms with Gasteiger partial charge in [0.05, 0.1) is 12.6 Å². The van der Waals surface area contributed by atoms with Crippen molar-refractivity contribution >= 4 is 5.91 Å². The Morgan fingerprint density at radius 2 is 2.19 bits per heavy atom. The highest BCUT2D eigenvalue weighted by molar-refractivity contribution is 5.92. The van der Waals surface area contributed by atoms with Crippen molar-refractivity contribution in [1.82, 2.24) is 15.1 Å². The molecule has 2 unspecified atom stereocenters. The van der Waals surface area contributed by atoms with Crippen LogP contribution in [0.25, 0.3) is 0 Å². The standard InChI is InChI=1S/C20H21F4N3O4/c21-14-3-4-16-13(19(14)24)6-11(9-30-16)25-20(28)15-7-18-27(26-15)8-12(31-18)2-1-5-29-10-17(22)23/h3-4,7,11-12,17H,1-2,5-6,8-10H2,(H,25,28). The third-order valence-electron chi connectivity index (χ3n) is 5.08. The molecule has 1 aromatic carbocycles. The number of ether oxygens (including phenoxy) is 3. The van der Waals surface area contributed by atoms with E-state index in [4.69, 9.17) is 14.2 Å². The number of halogens is 4. The lowest BCUT2D eigenvalue weighted by atomic mass is 10.0. The second-order valence-electron chi connectivity index (χ2n) is 7.42. The van der Waals surface area contributed by atoms with Crippen LogP contribution in [0.4, 0.5) is 17.6 Å². The molecule has 2 aromatic rings. The van der Waals surface area contributed by atoms with Gasteiger partial charge in [-0.05, 0) is 25.0 Å². The number of hydrogen-bond donors (Lipinski definition) is 1. The van der Waals surface area contributed by atoms with Crippen molar-refractivity contribution < 1.29 is 36.6 Å². The topological polar surface area (TPSA) is 74.6 Å². The first kappa shape index (κ1) is 21.4. The number of carbonyl (C=O) groups excluding carboxylic acids is 1. The Bertz CT molecular complexity index is 929. The number of aromatic nitrogens is 2. The van der Waals surface area contributed by atoms with Crippen LogP contribution in [-0.4, -0.2) is 54.1 Å². The Labute approximate surface area is 175 Å². The zero-order valence-electron chi connectivity index (χ0n) is 16.5. The third-order valence-corrected chi connectivity index (χ3v) is 5.08. The van der Waals surface area contributed by atoms with E-state index in [0.717, 1.165) is 6.07 Å². The largest absolute Gasteiger partial charge is 0.491 e. The molecule has 11 heteroatoms. The molecule has 1 aromatic heterocycles. The molecule has 0 radical (unpaired) electrons. The lowest BCUT2D eigenvalue weighted by Gasteiger charge is -2.26. The van der Waals surface area contributed by atoms with Crippen molar-refractivity contribution in [3.63, 3.8) is 0 Å². The molecule has 0 saturated carbocycles. The van der Waals surface area contributed by atoms with Crippen LogP contribution in [0.2, 0.25) is 0 Å². The zero-order valence-corrected chi connectivity index (χ0v) is 16.5. The minimum atomic E-state index is -2.48. The molecule has 0 aliphatic carbocycles. The van der Waals surface area contributed by atoms with Crippen LogP contribution in [0, 0.1) is 11.6 Å². The summed E-state index contributed by atoms with van der Waals surface area (Å²) in [6, 6.07) is 3.34. The van der Waals surface area contributed by atoms with Crippen LogP contribution in [0.5, 0.6) is 11.6 Å². The number of fused-ring (bicyclic) bond motifs is 2. The lowest BCUT2D eigenvalue weighted by Crippen LogP contribution is -2.43. The highest BCUT2D eigenvalue weighted by Gasteiger charge is 2.29. The van der Waals surface area contributed by atoms with E-state index in [1.54, 1.807) is 4.68 Å². The molecule has 2 aliphatic rings. The molecule has 31 heavy (non-hydrogen) atoms. The van der Waals surface area contributed by atoms with Crippen molar-refractivity contribution in [3.8, 4) is 11.6 Å². The monoisotopic (exact) mass is 443 g/mol. The number of benzene rings is 1. The quantitative estimate of drug-likeness (QED) is 0.502. The number of alkyl halides is 2. The van der Waals surface area contributed by atoms with E-state index in [0.29, 0.717) is 25.3 Å². The maximum Gasteiger partial charge on any atom is 0.272 e. The summed E-state index contributed by atoms with van der Waals surface area (Å²) in [6.07, 6.45) is -1.38. The van der Waals surface area contributed by atoms with Gasteiger partial charge >= 0.3 is 0 Å². The minimum Gasteiger partial charge on any atom is -0.491 e. The van der Waals surface area contributed by atoms with E-state index in [1.165, 1.54) is 12.1 Å². The summed E-state index contributed by atoms with van der Waals surface area (Å²) < 4.78 is 69.0. The molecule has 0 spiro atoms. The average molecular weight is 443 g/mol. The van der Waals surface area contributed by atoms with Crippen molar-refractivity contribution in [2.24, 2.45) is 0 Å². The summed E-state index contributed by atoms with van der Waals surface area (Å²) >= 11 is 0. The SMILES string of the molecule is O=C(NC1COc2ccc(F)c(F)c2C1)c1cc2n(n1)CC(CCCOCC(F)F)O2. The second kappa shape index (κ2) is 9.13. The molecule has 3 heterocycles. The Morgan fingerprint density at radius 1 is 1.35 bits per heavy atom. The van der Waals surface area contributed by atoms with Crippen molar-refractivity contribution in [1.29, 1.82) is 0 Å². The first-order valence-electron chi connectivity index (χ1n) is 9.91. The number of amides is 1. The normalized spacial score (nSPS) is 19.5. The highest BCUT2D eigenvalue weighted by Crippen LogP contribution is 2.29. The minimum absolute atomic E-state index is 0.0904. The van der Waals surface area contributed by atoms with Crippen LogP contribution >= 0.6 is 0 Å². The molecule has 1 amide bonds. The Kier molecular flexibility index (Phi) is 6.30. The number of nitrogens with zero attached hydrogens (tertiary/aromatic N) is 2. The van der Waals surface area contributed by atoms with Crippen molar-refractivity contribution in [3.05, 3.63) is 41.1 Å². The number of carbonyl (C=O) groups is 1. The van der Waals surface area contributed by atoms with E-state index in [-0.39, 0.29) is 42.7 Å². The summed E-state index contributed by atoms with van der Waals surface area (Å²) in [5.74, 6) is -1.72. The van der Waals surface area contributed by atoms with E-state index in [9.17, 15) is 22.4 Å². The predicted octanol–water partition coefficient (Wildman–Crippen LogP) is 2.72. The van der Waals surface area contributed by atoms with Gasteiger partial charge in [0.2, 0.25) is 5.88 Å². The van der Waals surface area contributed by atoms with Crippen LogP contribution in [0.3, 0.4) is 0 Å². The van der Waals surface area contributed by atoms with Crippen LogP contribution < -0.4 is 14.8 Å². The van der Waals surface area contributed by atoms with Gasteiger partial charge in [0.15, 0.2) is 17.3 Å². The van der Waals surface area contributed by atoms with Gasteiger partial charge in [-0.3, -0.25) is 4.79 Å². The van der Waals surface area contributed by atoms with E-state index in [2.05, 4.69) is 10.4 Å². The first-order chi connectivity index (χ1) is 14.9. The van der Waals surface area contributed by atoms with Gasteiger partial charge in [0.1, 0.15) is 25.1 Å². The Balaban J connectivity index is 1.27. The smallest absolute Gasteiger partial charge is 0.272 e. The molecule has 168 valence electrons. The Hall–Kier alpha value is -2.82. The first-order valence-corrected chi connectivity index (χ1v) is 9.91. The summed E-state index contributed by atoms with van der Waals surface area (Å²) in [6.45, 7) is 0.202. The molecular weight excluding hydrogens is 422 g/mol. The zero-order chi connectivity index (χ0) is 22.0. The van der Waals surface area contributed by atoms with Crippen LogP contribution in [-0.2, 0) is 17.7 Å². The molecule has 0 fully saturated rings. The molecule has 2 aliphatic heterocycles. The van der Waals surface area contributed by atoms with Gasteiger partial charge < -0.3 is 19.5 Å². The molecule has 0 saturated heterocycles. The predicted molar refractivity (Wildman–Crippen MR) is 99.5 cm³/mol. The van der Waals surface area contributed by atoms with E-state index >= 15 is 0 Å². The average Bonchev–Trinajstić information content (AvgIpc) is 3.29. The highest BCUT2D eigenvalue weighted by atomic mass is 19.3. The molecule has 4 rings (SSSR count).